The van der Waals surface area contributed by atoms with Gasteiger partial charge >= 0.3 is 0 Å². The van der Waals surface area contributed by atoms with Gasteiger partial charge in [0.05, 0.1) is 16.8 Å². The van der Waals surface area contributed by atoms with Crippen LogP contribution < -0.4 is 5.32 Å². The average Bonchev–Trinajstić information content (AvgIpc) is 2.85. The van der Waals surface area contributed by atoms with E-state index >= 15 is 0 Å². The second-order valence-corrected chi connectivity index (χ2v) is 13.0. The quantitative estimate of drug-likeness (QED) is 0.329. The number of thioether (sulfide) groups is 2. The van der Waals surface area contributed by atoms with E-state index in [4.69, 9.17) is 0 Å². The molecule has 6 heteroatoms. The topological polar surface area (TPSA) is 42.0 Å². The first-order chi connectivity index (χ1) is 16.7. The van der Waals surface area contributed by atoms with E-state index in [0.29, 0.717) is 10.5 Å². The van der Waals surface area contributed by atoms with Gasteiger partial charge in [0, 0.05) is 36.3 Å². The monoisotopic (exact) mass is 554 g/mol. The summed E-state index contributed by atoms with van der Waals surface area (Å²) in [6, 6.07) is 14.2. The van der Waals surface area contributed by atoms with E-state index in [1.54, 1.807) is 6.20 Å². The SMILES string of the molecule is O=C(Nc1cccc2cccnc12)c1c(SC2CCCCC2)cc(Br)cc1SC1CCCCC1. The fourth-order valence-electron chi connectivity index (χ4n) is 5.08. The lowest BCUT2D eigenvalue weighted by atomic mass is 10.0. The van der Waals surface area contributed by atoms with Crippen molar-refractivity contribution < 1.29 is 4.79 Å². The zero-order valence-electron chi connectivity index (χ0n) is 19.4. The van der Waals surface area contributed by atoms with E-state index in [1.807, 2.05) is 53.9 Å². The molecular formula is C28H31BrN2OS2. The lowest BCUT2D eigenvalue weighted by Crippen LogP contribution is -2.17. The first-order valence-electron chi connectivity index (χ1n) is 12.5. The Morgan fingerprint density at radius 3 is 2.06 bits per heavy atom. The Kier molecular flexibility index (Phi) is 8.18. The largest absolute Gasteiger partial charge is 0.320 e. The molecule has 1 N–H and O–H groups in total. The van der Waals surface area contributed by atoms with Gasteiger partial charge < -0.3 is 5.32 Å². The van der Waals surface area contributed by atoms with E-state index in [1.165, 1.54) is 64.2 Å². The number of para-hydroxylation sites is 1. The summed E-state index contributed by atoms with van der Waals surface area (Å²) in [5.74, 6) is -0.0257. The van der Waals surface area contributed by atoms with Crippen LogP contribution in [0, 0.1) is 0 Å². The predicted molar refractivity (Wildman–Crippen MR) is 149 cm³/mol. The maximum atomic E-state index is 13.9. The van der Waals surface area contributed by atoms with Crippen molar-refractivity contribution in [2.75, 3.05) is 5.32 Å². The Labute approximate surface area is 219 Å². The van der Waals surface area contributed by atoms with Crippen molar-refractivity contribution in [3.05, 3.63) is 58.7 Å². The Morgan fingerprint density at radius 2 is 1.44 bits per heavy atom. The van der Waals surface area contributed by atoms with Crippen LogP contribution in [0.3, 0.4) is 0 Å². The highest BCUT2D eigenvalue weighted by Gasteiger charge is 2.25. The number of nitrogens with one attached hydrogen (secondary N) is 1. The summed E-state index contributed by atoms with van der Waals surface area (Å²) in [4.78, 5) is 20.7. The van der Waals surface area contributed by atoms with Crippen molar-refractivity contribution in [1.82, 2.24) is 4.98 Å². The Bertz CT molecular complexity index is 1110. The number of amides is 1. The molecule has 178 valence electrons. The smallest absolute Gasteiger partial charge is 0.258 e. The minimum absolute atomic E-state index is 0.0257. The van der Waals surface area contributed by atoms with E-state index in [9.17, 15) is 4.79 Å². The Balaban J connectivity index is 1.50. The third-order valence-electron chi connectivity index (χ3n) is 6.83. The molecule has 0 bridgehead atoms. The fraction of sp³-hybridized carbons (Fsp3) is 0.429. The summed E-state index contributed by atoms with van der Waals surface area (Å²) in [5, 5.41) is 5.43. The Hall–Kier alpha value is -1.50. The van der Waals surface area contributed by atoms with E-state index in [0.717, 1.165) is 36.4 Å². The van der Waals surface area contributed by atoms with Gasteiger partial charge in [-0.1, -0.05) is 72.7 Å². The number of aromatic nitrogens is 1. The number of benzene rings is 2. The van der Waals surface area contributed by atoms with Crippen LogP contribution in [-0.2, 0) is 0 Å². The molecule has 0 radical (unpaired) electrons. The number of rotatable bonds is 6. The normalized spacial score (nSPS) is 17.7. The lowest BCUT2D eigenvalue weighted by Gasteiger charge is -2.25. The Morgan fingerprint density at radius 1 is 0.853 bits per heavy atom. The van der Waals surface area contributed by atoms with Crippen LogP contribution in [0.25, 0.3) is 10.9 Å². The lowest BCUT2D eigenvalue weighted by molar-refractivity contribution is 0.102. The van der Waals surface area contributed by atoms with Gasteiger partial charge in [-0.2, -0.15) is 0 Å². The van der Waals surface area contributed by atoms with Crippen molar-refractivity contribution >= 4 is 62.0 Å². The van der Waals surface area contributed by atoms with Gasteiger partial charge in [-0.05, 0) is 49.9 Å². The van der Waals surface area contributed by atoms with E-state index in [2.05, 4.69) is 38.4 Å². The van der Waals surface area contributed by atoms with Crippen LogP contribution in [0.2, 0.25) is 0 Å². The molecule has 0 spiro atoms. The number of anilines is 1. The van der Waals surface area contributed by atoms with Gasteiger partial charge in [0.15, 0.2) is 0 Å². The summed E-state index contributed by atoms with van der Waals surface area (Å²) in [6.45, 7) is 0. The molecule has 2 saturated carbocycles. The van der Waals surface area contributed by atoms with Gasteiger partial charge in [-0.3, -0.25) is 9.78 Å². The van der Waals surface area contributed by atoms with Crippen molar-refractivity contribution in [2.45, 2.75) is 84.5 Å². The van der Waals surface area contributed by atoms with Gasteiger partial charge in [-0.15, -0.1) is 23.5 Å². The molecule has 0 unspecified atom stereocenters. The van der Waals surface area contributed by atoms with Gasteiger partial charge in [0.25, 0.3) is 5.91 Å². The molecular weight excluding hydrogens is 524 g/mol. The number of carbonyl (C=O) groups is 1. The zero-order chi connectivity index (χ0) is 23.3. The van der Waals surface area contributed by atoms with Crippen molar-refractivity contribution in [3.63, 3.8) is 0 Å². The fourth-order valence-corrected chi connectivity index (χ4v) is 8.80. The minimum Gasteiger partial charge on any atom is -0.320 e. The summed E-state index contributed by atoms with van der Waals surface area (Å²) < 4.78 is 1.06. The molecule has 34 heavy (non-hydrogen) atoms. The van der Waals surface area contributed by atoms with Crippen LogP contribution in [0.1, 0.15) is 74.6 Å². The van der Waals surface area contributed by atoms with Crippen molar-refractivity contribution in [1.29, 1.82) is 0 Å². The van der Waals surface area contributed by atoms with Crippen LogP contribution >= 0.6 is 39.5 Å². The molecule has 0 saturated heterocycles. The van der Waals surface area contributed by atoms with E-state index in [-0.39, 0.29) is 5.91 Å². The maximum absolute atomic E-state index is 13.9. The van der Waals surface area contributed by atoms with Gasteiger partial charge in [-0.25, -0.2) is 0 Å². The number of nitrogens with zero attached hydrogens (tertiary/aromatic N) is 1. The third kappa shape index (κ3) is 5.83. The van der Waals surface area contributed by atoms with Crippen LogP contribution in [0.15, 0.2) is 62.9 Å². The highest BCUT2D eigenvalue weighted by atomic mass is 79.9. The molecule has 1 amide bonds. The molecule has 2 aliphatic carbocycles. The molecule has 3 aromatic rings. The molecule has 2 aliphatic rings. The summed E-state index contributed by atoms with van der Waals surface area (Å²) in [6.07, 6.45) is 14.5. The van der Waals surface area contributed by atoms with Gasteiger partial charge in [0.2, 0.25) is 0 Å². The summed E-state index contributed by atoms with van der Waals surface area (Å²) >= 11 is 7.57. The summed E-state index contributed by atoms with van der Waals surface area (Å²) in [7, 11) is 0. The molecule has 3 nitrogen and oxygen atoms in total. The first-order valence-corrected chi connectivity index (χ1v) is 15.0. The standard InChI is InChI=1S/C28H31BrN2OS2/c29-20-17-24(33-21-11-3-1-4-12-21)26(25(18-20)34-22-13-5-2-6-14-22)28(32)31-23-15-7-9-19-10-8-16-30-27(19)23/h7-10,15-18,21-22H,1-6,11-14H2,(H,31,32). The second kappa shape index (κ2) is 11.5. The molecule has 5 rings (SSSR count). The number of fused-ring (bicyclic) bond motifs is 1. The molecule has 0 aliphatic heterocycles. The number of hydrogen-bond acceptors (Lipinski definition) is 4. The number of halogens is 1. The maximum Gasteiger partial charge on any atom is 0.258 e. The van der Waals surface area contributed by atoms with Crippen LogP contribution in [-0.4, -0.2) is 21.4 Å². The minimum atomic E-state index is -0.0257. The number of hydrogen-bond donors (Lipinski definition) is 1. The highest BCUT2D eigenvalue weighted by molar-refractivity contribution is 9.10. The third-order valence-corrected chi connectivity index (χ3v) is 10.0. The zero-order valence-corrected chi connectivity index (χ0v) is 22.6. The summed E-state index contributed by atoms with van der Waals surface area (Å²) in [5.41, 5.74) is 2.44. The molecule has 1 aromatic heterocycles. The molecule has 2 aromatic carbocycles. The number of pyridine rings is 1. The van der Waals surface area contributed by atoms with Crippen molar-refractivity contribution in [3.8, 4) is 0 Å². The van der Waals surface area contributed by atoms with Gasteiger partial charge in [0.1, 0.15) is 0 Å². The predicted octanol–water partition coefficient (Wildman–Crippen LogP) is 9.10. The highest BCUT2D eigenvalue weighted by Crippen LogP contribution is 2.43. The first kappa shape index (κ1) is 24.2. The average molecular weight is 556 g/mol. The second-order valence-electron chi connectivity index (χ2n) is 9.37. The van der Waals surface area contributed by atoms with Crippen LogP contribution in [0.5, 0.6) is 0 Å². The molecule has 0 atom stereocenters. The molecule has 1 heterocycles. The van der Waals surface area contributed by atoms with Crippen molar-refractivity contribution in [2.24, 2.45) is 0 Å². The number of carbonyl (C=O) groups excluding carboxylic acids is 1. The molecule has 2 fully saturated rings. The van der Waals surface area contributed by atoms with E-state index < -0.39 is 0 Å². The van der Waals surface area contributed by atoms with Crippen LogP contribution in [0.4, 0.5) is 5.69 Å².